The van der Waals surface area contributed by atoms with Crippen LogP contribution in [0.4, 0.5) is 0 Å². The molecule has 152 valence electrons. The number of furan rings is 1. The van der Waals surface area contributed by atoms with Gasteiger partial charge >= 0.3 is 0 Å². The molecule has 1 unspecified atom stereocenters. The van der Waals surface area contributed by atoms with Crippen LogP contribution in [-0.2, 0) is 10.0 Å². The Bertz CT molecular complexity index is 1100. The van der Waals surface area contributed by atoms with Gasteiger partial charge in [0.25, 0.3) is 5.91 Å². The molecule has 2 aromatic carbocycles. The van der Waals surface area contributed by atoms with Crippen molar-refractivity contribution < 1.29 is 17.6 Å². The first-order chi connectivity index (χ1) is 14.0. The maximum atomic E-state index is 13.1. The van der Waals surface area contributed by atoms with Gasteiger partial charge < -0.3 is 9.73 Å². The number of nitrogens with zero attached hydrogens (tertiary/aromatic N) is 1. The number of para-hydroxylation sites is 1. The summed E-state index contributed by atoms with van der Waals surface area (Å²) in [5.41, 5.74) is 0.901. The van der Waals surface area contributed by atoms with Gasteiger partial charge in [0.2, 0.25) is 10.0 Å². The van der Waals surface area contributed by atoms with Crippen LogP contribution in [0.1, 0.15) is 48.3 Å². The van der Waals surface area contributed by atoms with E-state index in [2.05, 4.69) is 5.32 Å². The molecule has 1 aliphatic rings. The van der Waals surface area contributed by atoms with Gasteiger partial charge in [0.05, 0.1) is 16.5 Å². The lowest BCUT2D eigenvalue weighted by atomic mass is 10.1. The molecule has 1 aliphatic heterocycles. The molecule has 1 aromatic heterocycles. The van der Waals surface area contributed by atoms with Gasteiger partial charge in [-0.1, -0.05) is 36.8 Å². The third-order valence-electron chi connectivity index (χ3n) is 5.28. The van der Waals surface area contributed by atoms with Gasteiger partial charge in [0, 0.05) is 18.5 Å². The van der Waals surface area contributed by atoms with E-state index in [0.29, 0.717) is 18.8 Å². The molecule has 6 nitrogen and oxygen atoms in total. The van der Waals surface area contributed by atoms with E-state index in [0.717, 1.165) is 30.2 Å². The third kappa shape index (κ3) is 3.93. The van der Waals surface area contributed by atoms with Crippen LogP contribution in [0.2, 0.25) is 0 Å². The molecule has 0 spiro atoms. The van der Waals surface area contributed by atoms with Gasteiger partial charge in [0.15, 0.2) is 0 Å². The van der Waals surface area contributed by atoms with Crippen LogP contribution >= 0.6 is 0 Å². The Morgan fingerprint density at radius 2 is 1.72 bits per heavy atom. The summed E-state index contributed by atoms with van der Waals surface area (Å²) in [5, 5.41) is 3.83. The summed E-state index contributed by atoms with van der Waals surface area (Å²) in [4.78, 5) is 13.0. The number of hydrogen-bond donors (Lipinski definition) is 1. The second-order valence-corrected chi connectivity index (χ2v) is 9.25. The summed E-state index contributed by atoms with van der Waals surface area (Å²) in [6.07, 6.45) is 2.72. The van der Waals surface area contributed by atoms with Crippen molar-refractivity contribution in [1.29, 1.82) is 0 Å². The molecule has 0 saturated carbocycles. The van der Waals surface area contributed by atoms with Crippen molar-refractivity contribution in [2.75, 3.05) is 13.1 Å². The Balaban J connectivity index is 1.59. The predicted molar refractivity (Wildman–Crippen MR) is 111 cm³/mol. The van der Waals surface area contributed by atoms with Crippen molar-refractivity contribution >= 4 is 26.9 Å². The van der Waals surface area contributed by atoms with Gasteiger partial charge in [-0.05, 0) is 44.0 Å². The van der Waals surface area contributed by atoms with Gasteiger partial charge in [-0.2, -0.15) is 4.31 Å². The van der Waals surface area contributed by atoms with Crippen LogP contribution < -0.4 is 5.32 Å². The van der Waals surface area contributed by atoms with Crippen LogP contribution in [0.15, 0.2) is 63.9 Å². The third-order valence-corrected chi connectivity index (χ3v) is 7.24. The smallest absolute Gasteiger partial charge is 0.253 e. The average Bonchev–Trinajstić information content (AvgIpc) is 3.19. The monoisotopic (exact) mass is 412 g/mol. The zero-order chi connectivity index (χ0) is 20.4. The predicted octanol–water partition coefficient (Wildman–Crippen LogP) is 4.10. The average molecular weight is 413 g/mol. The molecule has 1 N–H and O–H groups in total. The molecule has 1 saturated heterocycles. The minimum atomic E-state index is -3.71. The first-order valence-corrected chi connectivity index (χ1v) is 11.3. The molecule has 29 heavy (non-hydrogen) atoms. The van der Waals surface area contributed by atoms with Crippen LogP contribution in [0, 0.1) is 0 Å². The molecular weight excluding hydrogens is 388 g/mol. The fourth-order valence-electron chi connectivity index (χ4n) is 3.68. The van der Waals surface area contributed by atoms with E-state index in [-0.39, 0.29) is 10.5 Å². The van der Waals surface area contributed by atoms with E-state index in [1.165, 1.54) is 10.4 Å². The van der Waals surface area contributed by atoms with Gasteiger partial charge in [0.1, 0.15) is 11.3 Å². The number of benzene rings is 2. The quantitative estimate of drug-likeness (QED) is 0.684. The Morgan fingerprint density at radius 1 is 1.03 bits per heavy atom. The zero-order valence-corrected chi connectivity index (χ0v) is 17.1. The standard InChI is InChI=1S/C22H24N2O4S/c1-16(20-15-17-9-3-5-11-19(17)28-20)23-22(25)18-10-4-6-12-21(18)29(26,27)24-13-7-2-8-14-24/h3-6,9-12,15-16H,2,7-8,13-14H2,1H3,(H,23,25). The lowest BCUT2D eigenvalue weighted by Gasteiger charge is -2.26. The van der Waals surface area contributed by atoms with E-state index >= 15 is 0 Å². The highest BCUT2D eigenvalue weighted by Gasteiger charge is 2.30. The number of amides is 1. The minimum Gasteiger partial charge on any atom is -0.459 e. The molecule has 1 fully saturated rings. The molecule has 4 rings (SSSR count). The number of rotatable bonds is 5. The Labute approximate surface area is 170 Å². The van der Waals surface area contributed by atoms with Crippen molar-refractivity contribution in [3.8, 4) is 0 Å². The maximum absolute atomic E-state index is 13.1. The van der Waals surface area contributed by atoms with Crippen LogP contribution in [0.25, 0.3) is 11.0 Å². The number of piperidine rings is 1. The molecule has 3 aromatic rings. The number of carbonyl (C=O) groups is 1. The Hall–Kier alpha value is -2.64. The lowest BCUT2D eigenvalue weighted by Crippen LogP contribution is -2.37. The van der Waals surface area contributed by atoms with E-state index in [1.54, 1.807) is 18.2 Å². The number of fused-ring (bicyclic) bond motifs is 1. The summed E-state index contributed by atoms with van der Waals surface area (Å²) in [6.45, 7) is 2.80. The van der Waals surface area contributed by atoms with Crippen molar-refractivity contribution in [3.63, 3.8) is 0 Å². The van der Waals surface area contributed by atoms with Crippen molar-refractivity contribution in [1.82, 2.24) is 9.62 Å². The van der Waals surface area contributed by atoms with Crippen molar-refractivity contribution in [2.24, 2.45) is 0 Å². The second-order valence-electron chi connectivity index (χ2n) is 7.34. The summed E-state index contributed by atoms with van der Waals surface area (Å²) in [5.74, 6) is 0.185. The summed E-state index contributed by atoms with van der Waals surface area (Å²) < 4.78 is 33.5. The highest BCUT2D eigenvalue weighted by Crippen LogP contribution is 2.26. The van der Waals surface area contributed by atoms with Gasteiger partial charge in [-0.15, -0.1) is 0 Å². The van der Waals surface area contributed by atoms with E-state index in [9.17, 15) is 13.2 Å². The molecule has 1 amide bonds. The fraction of sp³-hybridized carbons (Fsp3) is 0.318. The molecular formula is C22H24N2O4S. The molecule has 1 atom stereocenters. The zero-order valence-electron chi connectivity index (χ0n) is 16.3. The molecule has 7 heteroatoms. The van der Waals surface area contributed by atoms with Crippen LogP contribution in [-0.4, -0.2) is 31.7 Å². The highest BCUT2D eigenvalue weighted by molar-refractivity contribution is 7.89. The summed E-state index contributed by atoms with van der Waals surface area (Å²) in [7, 11) is -3.71. The first kappa shape index (κ1) is 19.7. The number of carbonyl (C=O) groups excluding carboxylic acids is 1. The number of sulfonamides is 1. The minimum absolute atomic E-state index is 0.0520. The molecule has 0 radical (unpaired) electrons. The van der Waals surface area contributed by atoms with Crippen molar-refractivity contribution in [3.05, 3.63) is 65.9 Å². The summed E-state index contributed by atoms with van der Waals surface area (Å²) in [6, 6.07) is 15.5. The molecule has 2 heterocycles. The largest absolute Gasteiger partial charge is 0.459 e. The maximum Gasteiger partial charge on any atom is 0.253 e. The topological polar surface area (TPSA) is 79.6 Å². The van der Waals surface area contributed by atoms with Crippen LogP contribution in [0.3, 0.4) is 0 Å². The van der Waals surface area contributed by atoms with E-state index in [4.69, 9.17) is 4.42 Å². The van der Waals surface area contributed by atoms with E-state index < -0.39 is 22.0 Å². The normalized spacial score (nSPS) is 16.6. The lowest BCUT2D eigenvalue weighted by molar-refractivity contribution is 0.0932. The molecule has 0 bridgehead atoms. The van der Waals surface area contributed by atoms with Crippen LogP contribution in [0.5, 0.6) is 0 Å². The number of hydrogen-bond acceptors (Lipinski definition) is 4. The van der Waals surface area contributed by atoms with E-state index in [1.807, 2.05) is 37.3 Å². The Kier molecular flexibility index (Phi) is 5.43. The molecule has 0 aliphatic carbocycles. The Morgan fingerprint density at radius 3 is 2.48 bits per heavy atom. The van der Waals surface area contributed by atoms with Gasteiger partial charge in [-0.3, -0.25) is 4.79 Å². The SMILES string of the molecule is CC(NC(=O)c1ccccc1S(=O)(=O)N1CCCCC1)c1cc2ccccc2o1. The van der Waals surface area contributed by atoms with Gasteiger partial charge in [-0.25, -0.2) is 8.42 Å². The highest BCUT2D eigenvalue weighted by atomic mass is 32.2. The summed E-state index contributed by atoms with van der Waals surface area (Å²) >= 11 is 0. The number of nitrogens with one attached hydrogen (secondary N) is 1. The first-order valence-electron chi connectivity index (χ1n) is 9.85. The fourth-order valence-corrected chi connectivity index (χ4v) is 5.39. The second kappa shape index (κ2) is 8.00. The van der Waals surface area contributed by atoms with Crippen molar-refractivity contribution in [2.45, 2.75) is 37.1 Å².